The van der Waals surface area contributed by atoms with Crippen molar-refractivity contribution < 1.29 is 31.4 Å². The zero-order chi connectivity index (χ0) is 27.1. The summed E-state index contributed by atoms with van der Waals surface area (Å²) in [5.74, 6) is -2.70. The van der Waals surface area contributed by atoms with E-state index >= 15 is 0 Å². The molecule has 0 spiro atoms. The Morgan fingerprint density at radius 2 is 1.33 bits per heavy atom. The highest BCUT2D eigenvalue weighted by atomic mass is 32.2. The number of fused-ring (bicyclic) bond motifs is 1. The molecule has 2 fully saturated rings. The van der Waals surface area contributed by atoms with Crippen LogP contribution in [0.3, 0.4) is 0 Å². The molecule has 8 nitrogen and oxygen atoms in total. The Kier molecular flexibility index (Phi) is 6.13. The second-order valence-corrected chi connectivity index (χ2v) is 10.6. The van der Waals surface area contributed by atoms with E-state index in [1.807, 2.05) is 6.07 Å². The highest BCUT2D eigenvalue weighted by Gasteiger charge is 2.60. The van der Waals surface area contributed by atoms with Crippen LogP contribution in [0.1, 0.15) is 11.6 Å². The van der Waals surface area contributed by atoms with Gasteiger partial charge in [-0.05, 0) is 54.6 Å². The Morgan fingerprint density at radius 3 is 2.03 bits per heavy atom. The van der Waals surface area contributed by atoms with Gasteiger partial charge in [0.2, 0.25) is 5.91 Å². The maximum atomic E-state index is 13.8. The number of halogens is 1. The number of benzene rings is 4. The zero-order valence-corrected chi connectivity index (χ0v) is 21.1. The van der Waals surface area contributed by atoms with Gasteiger partial charge in [-0.1, -0.05) is 54.6 Å². The number of hydrogen-bond donors (Lipinski definition) is 0. The van der Waals surface area contributed by atoms with E-state index in [0.717, 1.165) is 17.0 Å². The summed E-state index contributed by atoms with van der Waals surface area (Å²) >= 11 is 0. The molecule has 2 amide bonds. The van der Waals surface area contributed by atoms with Crippen molar-refractivity contribution in [3.63, 3.8) is 0 Å². The molecule has 0 N–H and O–H groups in total. The summed E-state index contributed by atoms with van der Waals surface area (Å²) in [4.78, 5) is 34.3. The number of para-hydroxylation sites is 2. The van der Waals surface area contributed by atoms with Crippen LogP contribution in [0.2, 0.25) is 0 Å². The number of amides is 2. The standard InChI is InChI=1S/C29H21FN2O6S/c30-19-15-17-20(18-16-19)31-28(33)25-26(32(37-27(25)29(31)34)21-9-3-1-4-10-21)23-13-7-8-14-24(23)38-39(35,36)22-11-5-2-6-12-22/h1-18,25-27H/t25-,26+,27+/m1/s1. The molecule has 0 aliphatic carbocycles. The number of carbonyl (C=O) groups excluding carboxylic acids is 2. The molecule has 6 rings (SSSR count). The minimum Gasteiger partial charge on any atom is -0.379 e. The third-order valence-corrected chi connectivity index (χ3v) is 7.93. The number of nitrogens with zero attached hydrogens (tertiary/aromatic N) is 2. The molecule has 196 valence electrons. The van der Waals surface area contributed by atoms with Gasteiger partial charge in [0, 0.05) is 5.56 Å². The number of imide groups is 1. The van der Waals surface area contributed by atoms with Crippen molar-refractivity contribution in [2.75, 3.05) is 9.96 Å². The smallest absolute Gasteiger partial charge is 0.339 e. The van der Waals surface area contributed by atoms with E-state index in [1.165, 1.54) is 35.4 Å². The maximum absolute atomic E-state index is 13.8. The van der Waals surface area contributed by atoms with E-state index in [-0.39, 0.29) is 16.3 Å². The van der Waals surface area contributed by atoms with E-state index in [9.17, 15) is 22.4 Å². The Hall–Kier alpha value is -4.54. The molecular formula is C29H21FN2O6S. The van der Waals surface area contributed by atoms with Crippen molar-refractivity contribution in [2.45, 2.75) is 17.0 Å². The minimum atomic E-state index is -4.21. The first-order valence-electron chi connectivity index (χ1n) is 12.1. The lowest BCUT2D eigenvalue weighted by Crippen LogP contribution is -2.37. The van der Waals surface area contributed by atoms with Crippen LogP contribution in [-0.4, -0.2) is 26.3 Å². The minimum absolute atomic E-state index is 0.00276. The second kappa shape index (κ2) is 9.64. The molecule has 0 unspecified atom stereocenters. The first-order chi connectivity index (χ1) is 18.8. The summed E-state index contributed by atoms with van der Waals surface area (Å²) in [5.41, 5.74) is 1.12. The molecule has 39 heavy (non-hydrogen) atoms. The number of rotatable bonds is 6. The fourth-order valence-electron chi connectivity index (χ4n) is 4.93. The van der Waals surface area contributed by atoms with E-state index in [2.05, 4.69) is 0 Å². The van der Waals surface area contributed by atoms with Crippen molar-refractivity contribution in [3.8, 4) is 5.75 Å². The quantitative estimate of drug-likeness (QED) is 0.258. The highest BCUT2D eigenvalue weighted by Crippen LogP contribution is 2.49. The van der Waals surface area contributed by atoms with Gasteiger partial charge in [0.1, 0.15) is 22.4 Å². The van der Waals surface area contributed by atoms with Crippen LogP contribution >= 0.6 is 0 Å². The summed E-state index contributed by atoms with van der Waals surface area (Å²) in [7, 11) is -4.21. The lowest BCUT2D eigenvalue weighted by Gasteiger charge is -2.29. The van der Waals surface area contributed by atoms with Gasteiger partial charge in [0.05, 0.1) is 17.4 Å². The van der Waals surface area contributed by atoms with Crippen LogP contribution in [0.5, 0.6) is 5.75 Å². The van der Waals surface area contributed by atoms with Gasteiger partial charge < -0.3 is 4.18 Å². The lowest BCUT2D eigenvalue weighted by molar-refractivity contribution is -0.126. The molecule has 0 bridgehead atoms. The molecule has 0 aromatic heterocycles. The molecule has 2 aliphatic rings. The average Bonchev–Trinajstić information content (AvgIpc) is 3.46. The lowest BCUT2D eigenvalue weighted by atomic mass is 9.90. The molecule has 4 aromatic carbocycles. The predicted octanol–water partition coefficient (Wildman–Crippen LogP) is 4.64. The monoisotopic (exact) mass is 544 g/mol. The van der Waals surface area contributed by atoms with Gasteiger partial charge in [-0.2, -0.15) is 8.42 Å². The Morgan fingerprint density at radius 1 is 0.718 bits per heavy atom. The Labute approximate surface area is 223 Å². The summed E-state index contributed by atoms with van der Waals surface area (Å²) in [5, 5.41) is 1.45. The number of hydroxylamine groups is 1. The summed E-state index contributed by atoms with van der Waals surface area (Å²) < 4.78 is 45.3. The molecule has 2 heterocycles. The maximum Gasteiger partial charge on any atom is 0.339 e. The SMILES string of the molecule is O=C1[C@H]2[C@H](ON(c3ccccc3)[C@H]2c2ccccc2OS(=O)(=O)c2ccccc2)C(=O)N1c1ccc(F)cc1. The van der Waals surface area contributed by atoms with Crippen LogP contribution in [0.4, 0.5) is 15.8 Å². The topological polar surface area (TPSA) is 93.2 Å². The third-order valence-electron chi connectivity index (χ3n) is 6.68. The van der Waals surface area contributed by atoms with Crippen LogP contribution in [0.15, 0.2) is 114 Å². The van der Waals surface area contributed by atoms with Crippen LogP contribution < -0.4 is 14.1 Å². The van der Waals surface area contributed by atoms with Crippen molar-refractivity contribution >= 4 is 33.3 Å². The second-order valence-electron chi connectivity index (χ2n) is 9.03. The molecule has 4 aromatic rings. The average molecular weight is 545 g/mol. The summed E-state index contributed by atoms with van der Waals surface area (Å²) in [6.07, 6.45) is -1.19. The van der Waals surface area contributed by atoms with Crippen molar-refractivity contribution in [1.82, 2.24) is 0 Å². The van der Waals surface area contributed by atoms with E-state index in [4.69, 9.17) is 9.02 Å². The van der Waals surface area contributed by atoms with Crippen molar-refractivity contribution in [1.29, 1.82) is 0 Å². The summed E-state index contributed by atoms with van der Waals surface area (Å²) in [6.45, 7) is 0. The first-order valence-corrected chi connectivity index (χ1v) is 13.5. The molecule has 10 heteroatoms. The molecule has 0 saturated carbocycles. The highest BCUT2D eigenvalue weighted by molar-refractivity contribution is 7.87. The number of carbonyl (C=O) groups is 2. The third kappa shape index (κ3) is 4.33. The Bertz CT molecular complexity index is 1650. The predicted molar refractivity (Wildman–Crippen MR) is 140 cm³/mol. The zero-order valence-electron chi connectivity index (χ0n) is 20.3. The van der Waals surface area contributed by atoms with E-state index < -0.39 is 45.8 Å². The molecule has 2 aliphatic heterocycles. The van der Waals surface area contributed by atoms with Gasteiger partial charge in [0.15, 0.2) is 6.10 Å². The van der Waals surface area contributed by atoms with Crippen LogP contribution in [-0.2, 0) is 24.5 Å². The molecule has 0 radical (unpaired) electrons. The molecule has 2 saturated heterocycles. The largest absolute Gasteiger partial charge is 0.379 e. The molecule has 3 atom stereocenters. The van der Waals surface area contributed by atoms with Gasteiger partial charge in [-0.3, -0.25) is 14.4 Å². The van der Waals surface area contributed by atoms with Gasteiger partial charge in [0.25, 0.3) is 5.91 Å². The Balaban J connectivity index is 1.44. The van der Waals surface area contributed by atoms with Gasteiger partial charge >= 0.3 is 10.1 Å². The van der Waals surface area contributed by atoms with E-state index in [0.29, 0.717) is 11.3 Å². The van der Waals surface area contributed by atoms with Gasteiger partial charge in [-0.25, -0.2) is 14.4 Å². The first kappa shape index (κ1) is 24.8. The van der Waals surface area contributed by atoms with Crippen LogP contribution in [0.25, 0.3) is 0 Å². The summed E-state index contributed by atoms with van der Waals surface area (Å²) in [6, 6.07) is 27.1. The normalized spacial score (nSPS) is 20.8. The van der Waals surface area contributed by atoms with Crippen molar-refractivity contribution in [3.05, 3.63) is 121 Å². The number of hydrogen-bond acceptors (Lipinski definition) is 7. The van der Waals surface area contributed by atoms with Crippen LogP contribution in [0, 0.1) is 11.7 Å². The molecular weight excluding hydrogens is 523 g/mol. The van der Waals surface area contributed by atoms with E-state index in [1.54, 1.807) is 60.7 Å². The fourth-order valence-corrected chi connectivity index (χ4v) is 5.90. The number of anilines is 2. The van der Waals surface area contributed by atoms with Crippen molar-refractivity contribution in [2.24, 2.45) is 5.92 Å². The van der Waals surface area contributed by atoms with Gasteiger partial charge in [-0.15, -0.1) is 0 Å². The fraction of sp³-hybridized carbons (Fsp3) is 0.103.